The highest BCUT2D eigenvalue weighted by molar-refractivity contribution is 5.64. The monoisotopic (exact) mass is 478 g/mol. The van der Waals surface area contributed by atoms with Crippen LogP contribution in [0, 0.1) is 5.92 Å². The zero-order valence-electron chi connectivity index (χ0n) is 21.4. The van der Waals surface area contributed by atoms with E-state index in [1.807, 2.05) is 74.8 Å². The van der Waals surface area contributed by atoms with Gasteiger partial charge in [-0.05, 0) is 60.7 Å². The first-order valence-electron chi connectivity index (χ1n) is 13.0. The fourth-order valence-electron chi connectivity index (χ4n) is 3.91. The quantitative estimate of drug-likeness (QED) is 0.206. The Kier molecular flexibility index (Phi) is 11.0. The number of unbranched alkanes of at least 4 members (excludes halogenated alkanes) is 5. The van der Waals surface area contributed by atoms with Crippen LogP contribution in [0.3, 0.4) is 0 Å². The molecule has 0 fully saturated rings. The number of ether oxygens (including phenoxy) is 2. The zero-order chi connectivity index (χ0) is 24.9. The molecule has 3 aromatic rings. The molecule has 1 atom stereocenters. The van der Waals surface area contributed by atoms with Crippen molar-refractivity contribution in [3.8, 4) is 34.0 Å². The van der Waals surface area contributed by atoms with Crippen molar-refractivity contribution in [1.29, 1.82) is 0 Å². The Bertz CT molecular complexity index is 973. The van der Waals surface area contributed by atoms with Gasteiger partial charge in [0.1, 0.15) is 24.3 Å². The molecule has 4 nitrogen and oxygen atoms in total. The Morgan fingerprint density at radius 1 is 0.714 bits per heavy atom. The fourth-order valence-corrected chi connectivity index (χ4v) is 3.91. The third-order valence-corrected chi connectivity index (χ3v) is 5.88. The van der Waals surface area contributed by atoms with E-state index in [9.17, 15) is 4.39 Å². The Hall–Kier alpha value is -2.95. The van der Waals surface area contributed by atoms with Crippen molar-refractivity contribution < 1.29 is 13.9 Å². The number of hydrogen-bond acceptors (Lipinski definition) is 4. The van der Waals surface area contributed by atoms with Crippen molar-refractivity contribution in [2.75, 3.05) is 13.2 Å². The molecule has 0 aliphatic heterocycles. The van der Waals surface area contributed by atoms with Gasteiger partial charge >= 0.3 is 0 Å². The molecule has 188 valence electrons. The molecule has 0 bridgehead atoms. The molecular weight excluding hydrogens is 439 g/mol. The molecule has 1 aromatic heterocycles. The summed E-state index contributed by atoms with van der Waals surface area (Å²) in [5.74, 6) is 2.54. The lowest BCUT2D eigenvalue weighted by Gasteiger charge is -2.12. The van der Waals surface area contributed by atoms with Gasteiger partial charge < -0.3 is 9.47 Å². The van der Waals surface area contributed by atoms with Crippen molar-refractivity contribution in [3.05, 3.63) is 60.9 Å². The van der Waals surface area contributed by atoms with Crippen LogP contribution in [0.2, 0.25) is 0 Å². The van der Waals surface area contributed by atoms with E-state index in [0.717, 1.165) is 35.5 Å². The first kappa shape index (κ1) is 26.7. The second kappa shape index (κ2) is 14.4. The minimum atomic E-state index is -0.948. The third-order valence-electron chi connectivity index (χ3n) is 5.88. The molecule has 0 saturated carbocycles. The van der Waals surface area contributed by atoms with Crippen LogP contribution in [-0.4, -0.2) is 29.4 Å². The average molecular weight is 479 g/mol. The van der Waals surface area contributed by atoms with E-state index >= 15 is 0 Å². The third kappa shape index (κ3) is 9.31. The van der Waals surface area contributed by atoms with Crippen LogP contribution in [-0.2, 0) is 0 Å². The number of alkyl halides is 1. The molecule has 2 aromatic carbocycles. The maximum Gasteiger partial charge on any atom is 0.159 e. The summed E-state index contributed by atoms with van der Waals surface area (Å²) in [6.45, 7) is 7.10. The predicted octanol–water partition coefficient (Wildman–Crippen LogP) is 8.31. The van der Waals surface area contributed by atoms with Gasteiger partial charge in [-0.3, -0.25) is 0 Å². The van der Waals surface area contributed by atoms with E-state index in [-0.39, 0.29) is 6.61 Å². The molecule has 3 rings (SSSR count). The van der Waals surface area contributed by atoms with Crippen LogP contribution >= 0.6 is 0 Å². The summed E-state index contributed by atoms with van der Waals surface area (Å²) in [7, 11) is 0. The zero-order valence-corrected chi connectivity index (χ0v) is 21.4. The molecule has 5 heteroatoms. The molecule has 0 saturated heterocycles. The van der Waals surface area contributed by atoms with Crippen LogP contribution in [0.5, 0.6) is 11.5 Å². The van der Waals surface area contributed by atoms with Crippen molar-refractivity contribution in [1.82, 2.24) is 9.97 Å². The molecule has 0 spiro atoms. The lowest BCUT2D eigenvalue weighted by Crippen LogP contribution is -2.15. The Morgan fingerprint density at radius 2 is 1.29 bits per heavy atom. The van der Waals surface area contributed by atoms with Gasteiger partial charge in [-0.1, -0.05) is 65.0 Å². The van der Waals surface area contributed by atoms with E-state index in [2.05, 4.69) is 16.9 Å². The van der Waals surface area contributed by atoms with Crippen LogP contribution in [0.4, 0.5) is 4.39 Å². The summed E-state index contributed by atoms with van der Waals surface area (Å²) >= 11 is 0. The van der Waals surface area contributed by atoms with Gasteiger partial charge in [-0.25, -0.2) is 14.4 Å². The van der Waals surface area contributed by atoms with Gasteiger partial charge in [0.15, 0.2) is 5.82 Å². The lowest BCUT2D eigenvalue weighted by atomic mass is 10.1. The molecular formula is C30H39FN2O2. The SMILES string of the molecule is CCCCCCCCOc1ccc(-c2ncc(-c3ccc(OCC(F)CC(C)C)cc3)cn2)cc1. The van der Waals surface area contributed by atoms with Gasteiger partial charge in [0.2, 0.25) is 0 Å². The number of rotatable bonds is 15. The largest absolute Gasteiger partial charge is 0.494 e. The molecule has 0 amide bonds. The molecule has 35 heavy (non-hydrogen) atoms. The highest BCUT2D eigenvalue weighted by atomic mass is 19.1. The highest BCUT2D eigenvalue weighted by Gasteiger charge is 2.10. The Labute approximate surface area is 209 Å². The molecule has 1 heterocycles. The molecule has 1 unspecified atom stereocenters. The summed E-state index contributed by atoms with van der Waals surface area (Å²) in [6, 6.07) is 15.5. The van der Waals surface area contributed by atoms with E-state index < -0.39 is 6.17 Å². The number of nitrogens with zero attached hydrogens (tertiary/aromatic N) is 2. The van der Waals surface area contributed by atoms with Crippen LogP contribution in [0.15, 0.2) is 60.9 Å². The first-order chi connectivity index (χ1) is 17.0. The van der Waals surface area contributed by atoms with Crippen LogP contribution < -0.4 is 9.47 Å². The Morgan fingerprint density at radius 3 is 1.91 bits per heavy atom. The number of aromatic nitrogens is 2. The average Bonchev–Trinajstić information content (AvgIpc) is 2.87. The highest BCUT2D eigenvalue weighted by Crippen LogP contribution is 2.24. The van der Waals surface area contributed by atoms with Gasteiger partial charge in [-0.15, -0.1) is 0 Å². The van der Waals surface area contributed by atoms with Crippen molar-refractivity contribution in [2.45, 2.75) is 71.9 Å². The second-order valence-corrected chi connectivity index (χ2v) is 9.50. The van der Waals surface area contributed by atoms with Gasteiger partial charge in [-0.2, -0.15) is 0 Å². The maximum atomic E-state index is 13.9. The second-order valence-electron chi connectivity index (χ2n) is 9.50. The van der Waals surface area contributed by atoms with E-state index in [0.29, 0.717) is 23.9 Å². The predicted molar refractivity (Wildman–Crippen MR) is 142 cm³/mol. The van der Waals surface area contributed by atoms with Crippen LogP contribution in [0.25, 0.3) is 22.5 Å². The van der Waals surface area contributed by atoms with Crippen molar-refractivity contribution in [2.24, 2.45) is 5.92 Å². The maximum absolute atomic E-state index is 13.9. The topological polar surface area (TPSA) is 44.2 Å². The first-order valence-corrected chi connectivity index (χ1v) is 13.0. The molecule has 0 aliphatic rings. The minimum Gasteiger partial charge on any atom is -0.494 e. The van der Waals surface area contributed by atoms with E-state index in [4.69, 9.17) is 9.47 Å². The summed E-state index contributed by atoms with van der Waals surface area (Å²) in [4.78, 5) is 9.09. The van der Waals surface area contributed by atoms with E-state index in [1.165, 1.54) is 32.1 Å². The normalized spacial score (nSPS) is 12.0. The van der Waals surface area contributed by atoms with Gasteiger partial charge in [0, 0.05) is 23.5 Å². The molecule has 0 N–H and O–H groups in total. The summed E-state index contributed by atoms with van der Waals surface area (Å²) < 4.78 is 25.3. The standard InChI is InChI=1S/C30H39FN2O2/c1-4-5-6-7-8-9-18-34-28-16-12-25(13-17-28)30-32-20-26(21-33-30)24-10-14-29(15-11-24)35-22-27(31)19-23(2)3/h10-17,20-21,23,27H,4-9,18-19,22H2,1-3H3. The van der Waals surface area contributed by atoms with Crippen molar-refractivity contribution >= 4 is 0 Å². The number of halogens is 1. The summed E-state index contributed by atoms with van der Waals surface area (Å²) in [5, 5.41) is 0. The summed E-state index contributed by atoms with van der Waals surface area (Å²) in [6.07, 6.45) is 10.7. The number of benzene rings is 2. The van der Waals surface area contributed by atoms with Crippen molar-refractivity contribution in [3.63, 3.8) is 0 Å². The Balaban J connectivity index is 1.48. The fraction of sp³-hybridized carbons (Fsp3) is 0.467. The minimum absolute atomic E-state index is 0.0816. The smallest absolute Gasteiger partial charge is 0.159 e. The number of hydrogen-bond donors (Lipinski definition) is 0. The van der Waals surface area contributed by atoms with Gasteiger partial charge in [0.25, 0.3) is 0 Å². The van der Waals surface area contributed by atoms with Crippen LogP contribution in [0.1, 0.15) is 65.7 Å². The lowest BCUT2D eigenvalue weighted by molar-refractivity contribution is 0.174. The summed E-state index contributed by atoms with van der Waals surface area (Å²) in [5.41, 5.74) is 2.86. The van der Waals surface area contributed by atoms with E-state index in [1.54, 1.807) is 0 Å². The van der Waals surface area contributed by atoms with Gasteiger partial charge in [0.05, 0.1) is 6.61 Å². The molecule has 0 radical (unpaired) electrons. The molecule has 0 aliphatic carbocycles.